The maximum absolute atomic E-state index is 15.1. The molecule has 1 unspecified atom stereocenters. The van der Waals surface area contributed by atoms with Crippen LogP contribution in [0.3, 0.4) is 0 Å². The Kier molecular flexibility index (Phi) is 12.2. The average molecular weight is 805 g/mol. The molecule has 1 spiro atoms. The van der Waals surface area contributed by atoms with Gasteiger partial charge in [-0.25, -0.2) is 0 Å². The number of anilines is 1. The first-order valence-corrected chi connectivity index (χ1v) is 19.0. The number of aliphatic hydroxyl groups is 1. The van der Waals surface area contributed by atoms with E-state index in [1.807, 2.05) is 48.5 Å². The van der Waals surface area contributed by atoms with Gasteiger partial charge in [0.1, 0.15) is 17.7 Å². The van der Waals surface area contributed by atoms with Gasteiger partial charge in [-0.3, -0.25) is 19.2 Å². The van der Waals surface area contributed by atoms with E-state index in [-0.39, 0.29) is 38.3 Å². The summed E-state index contributed by atoms with van der Waals surface area (Å²) in [7, 11) is 0. The molecule has 3 aliphatic heterocycles. The fraction of sp³-hybridized carbons (Fsp3) is 0.366. The number of hydrogen-bond donors (Lipinski definition) is 2. The van der Waals surface area contributed by atoms with Crippen LogP contribution in [0.5, 0.6) is 0 Å². The van der Waals surface area contributed by atoms with Crippen LogP contribution >= 0.6 is 27.5 Å². The second-order valence-electron chi connectivity index (χ2n) is 13.6. The number of carbonyl (C=O) groups excluding carboxylic acids is 4. The molecule has 3 fully saturated rings. The number of rotatable bonds is 16. The summed E-state index contributed by atoms with van der Waals surface area (Å²) < 4.78 is 12.9. The standard InChI is InChI=1S/C41H43BrClN3O7/c1-3-5-20-33(48)44-24-32(27-16-10-7-11-17-27)52-40(51)34-35-38(49)46(28(25-47)22-26-14-8-6-9-15-26)37(41(35)23-29(42)36(34)53-41)39(50)45(21-4-2)31-19-13-12-18-30(31)43/h3-4,6-19,28-29,32,34-37,47H,1-2,5,20-25H2,(H,44,48)/t28-,29?,32+,34+,35-,36+,37+,41-/m1/s1. The molecule has 0 aromatic heterocycles. The number of esters is 1. The van der Waals surface area contributed by atoms with Gasteiger partial charge in [-0.05, 0) is 42.5 Å². The maximum atomic E-state index is 15.1. The van der Waals surface area contributed by atoms with Crippen LogP contribution in [0.15, 0.2) is 110 Å². The number of para-hydroxylation sites is 1. The molecule has 3 heterocycles. The lowest BCUT2D eigenvalue weighted by atomic mass is 9.70. The van der Waals surface area contributed by atoms with Crippen LogP contribution in [0, 0.1) is 11.8 Å². The number of nitrogens with one attached hydrogen (secondary N) is 1. The lowest BCUT2D eigenvalue weighted by Crippen LogP contribution is -2.59. The van der Waals surface area contributed by atoms with Crippen LogP contribution in [0.1, 0.15) is 36.5 Å². The Balaban J connectivity index is 1.39. The van der Waals surface area contributed by atoms with Crippen molar-refractivity contribution in [3.8, 4) is 0 Å². The summed E-state index contributed by atoms with van der Waals surface area (Å²) in [5, 5.41) is 14.1. The van der Waals surface area contributed by atoms with Crippen LogP contribution < -0.4 is 10.2 Å². The first-order chi connectivity index (χ1) is 25.6. The number of carbonyl (C=O) groups is 4. The van der Waals surface area contributed by atoms with Gasteiger partial charge < -0.3 is 29.7 Å². The number of hydrogen-bond acceptors (Lipinski definition) is 7. The Morgan fingerprint density at radius 2 is 1.74 bits per heavy atom. The zero-order chi connectivity index (χ0) is 37.7. The van der Waals surface area contributed by atoms with Crippen LogP contribution in [0.2, 0.25) is 5.02 Å². The van der Waals surface area contributed by atoms with E-state index in [0.29, 0.717) is 22.7 Å². The highest BCUT2D eigenvalue weighted by Gasteiger charge is 2.77. The van der Waals surface area contributed by atoms with E-state index < -0.39 is 70.9 Å². The summed E-state index contributed by atoms with van der Waals surface area (Å²) in [6, 6.07) is 23.3. The van der Waals surface area contributed by atoms with E-state index in [4.69, 9.17) is 21.1 Å². The van der Waals surface area contributed by atoms with E-state index in [1.165, 1.54) is 9.80 Å². The topological polar surface area (TPSA) is 125 Å². The summed E-state index contributed by atoms with van der Waals surface area (Å²) >= 11 is 10.4. The zero-order valence-electron chi connectivity index (χ0n) is 29.2. The van der Waals surface area contributed by atoms with Crippen LogP contribution in [0.4, 0.5) is 5.69 Å². The van der Waals surface area contributed by atoms with E-state index in [9.17, 15) is 19.5 Å². The fourth-order valence-electron chi connectivity index (χ4n) is 8.04. The van der Waals surface area contributed by atoms with Crippen molar-refractivity contribution in [2.45, 2.75) is 60.4 Å². The highest BCUT2D eigenvalue weighted by Crippen LogP contribution is 2.61. The molecule has 53 heavy (non-hydrogen) atoms. The number of amides is 3. The SMILES string of the molecule is C=CCCC(=O)NC[C@H](OC(=O)[C@@H]1[C@H]2O[C@@]3(CC2Br)[C@H](C(=O)N(CC=C)c2ccccc2Cl)N([C@@H](CO)Cc2ccccc2)C(=O)[C@@H]13)c1ccccc1. The van der Waals surface area contributed by atoms with Gasteiger partial charge in [0, 0.05) is 17.8 Å². The second-order valence-corrected chi connectivity index (χ2v) is 15.2. The summed E-state index contributed by atoms with van der Waals surface area (Å²) in [6.07, 6.45) is 2.81. The van der Waals surface area contributed by atoms with Gasteiger partial charge in [0.05, 0.1) is 47.8 Å². The van der Waals surface area contributed by atoms with Gasteiger partial charge in [0.15, 0.2) is 0 Å². The predicted octanol–water partition coefficient (Wildman–Crippen LogP) is 5.58. The number of benzene rings is 3. The van der Waals surface area contributed by atoms with Crippen molar-refractivity contribution in [3.63, 3.8) is 0 Å². The predicted molar refractivity (Wildman–Crippen MR) is 205 cm³/mol. The van der Waals surface area contributed by atoms with Crippen molar-refractivity contribution in [2.24, 2.45) is 11.8 Å². The third kappa shape index (κ3) is 7.58. The molecule has 0 saturated carbocycles. The number of ether oxygens (including phenoxy) is 2. The van der Waals surface area contributed by atoms with Crippen LogP contribution in [0.25, 0.3) is 0 Å². The van der Waals surface area contributed by atoms with Crippen LogP contribution in [-0.2, 0) is 35.1 Å². The Morgan fingerprint density at radius 1 is 1.06 bits per heavy atom. The smallest absolute Gasteiger partial charge is 0.313 e. The third-order valence-electron chi connectivity index (χ3n) is 10.4. The molecule has 2 N–H and O–H groups in total. The van der Waals surface area contributed by atoms with Crippen LogP contribution in [-0.4, -0.2) is 82.0 Å². The number of fused-ring (bicyclic) bond motifs is 1. The number of halogens is 2. The molecule has 278 valence electrons. The summed E-state index contributed by atoms with van der Waals surface area (Å²) in [5.74, 6) is -4.04. The largest absolute Gasteiger partial charge is 0.455 e. The first kappa shape index (κ1) is 38.4. The van der Waals surface area contributed by atoms with Crippen molar-refractivity contribution in [3.05, 3.63) is 126 Å². The number of nitrogens with zero attached hydrogens (tertiary/aromatic N) is 2. The Hall–Kier alpha value is -4.29. The maximum Gasteiger partial charge on any atom is 0.313 e. The second kappa shape index (κ2) is 16.8. The molecule has 8 atom stereocenters. The minimum Gasteiger partial charge on any atom is -0.455 e. The number of likely N-dealkylation sites (tertiary alicyclic amines) is 1. The molecule has 6 rings (SSSR count). The van der Waals surface area contributed by atoms with Crippen molar-refractivity contribution >= 4 is 56.9 Å². The number of alkyl halides is 1. The van der Waals surface area contributed by atoms with Crippen molar-refractivity contribution in [2.75, 3.05) is 24.6 Å². The third-order valence-corrected chi connectivity index (χ3v) is 11.5. The lowest BCUT2D eigenvalue weighted by Gasteiger charge is -2.39. The average Bonchev–Trinajstić information content (AvgIpc) is 3.77. The fourth-order valence-corrected chi connectivity index (χ4v) is 9.22. The van der Waals surface area contributed by atoms with E-state index >= 15 is 4.79 Å². The molecule has 12 heteroatoms. The summed E-state index contributed by atoms with van der Waals surface area (Å²) in [4.78, 5) is 59.6. The van der Waals surface area contributed by atoms with E-state index in [0.717, 1.165) is 5.56 Å². The van der Waals surface area contributed by atoms with Gasteiger partial charge in [0.2, 0.25) is 11.8 Å². The van der Waals surface area contributed by atoms with Crippen molar-refractivity contribution < 1.29 is 33.8 Å². The molecule has 2 bridgehead atoms. The number of allylic oxidation sites excluding steroid dienone is 1. The normalized spacial score (nSPS) is 25.3. The molecule has 10 nitrogen and oxygen atoms in total. The molecule has 0 radical (unpaired) electrons. The molecule has 3 aromatic carbocycles. The monoisotopic (exact) mass is 803 g/mol. The van der Waals surface area contributed by atoms with Gasteiger partial charge in [-0.1, -0.05) is 112 Å². The van der Waals surface area contributed by atoms with E-state index in [2.05, 4.69) is 34.4 Å². The quantitative estimate of drug-likeness (QED) is 0.110. The molecule has 3 amide bonds. The lowest BCUT2D eigenvalue weighted by molar-refractivity contribution is -0.160. The molecule has 3 saturated heterocycles. The Morgan fingerprint density at radius 3 is 2.40 bits per heavy atom. The van der Waals surface area contributed by atoms with Gasteiger partial charge in [0.25, 0.3) is 5.91 Å². The zero-order valence-corrected chi connectivity index (χ0v) is 31.5. The van der Waals surface area contributed by atoms with Gasteiger partial charge in [-0.2, -0.15) is 0 Å². The molecular formula is C41H43BrClN3O7. The molecule has 0 aliphatic carbocycles. The number of aliphatic hydroxyl groups excluding tert-OH is 1. The minimum absolute atomic E-state index is 0.0106. The Bertz CT molecular complexity index is 1830. The van der Waals surface area contributed by atoms with Gasteiger partial charge in [-0.15, -0.1) is 13.2 Å². The molecular weight excluding hydrogens is 762 g/mol. The van der Waals surface area contributed by atoms with Crippen molar-refractivity contribution in [1.29, 1.82) is 0 Å². The van der Waals surface area contributed by atoms with E-state index in [1.54, 1.807) is 48.6 Å². The molecule has 3 aliphatic rings. The van der Waals surface area contributed by atoms with Gasteiger partial charge >= 0.3 is 5.97 Å². The van der Waals surface area contributed by atoms with Crippen molar-refractivity contribution in [1.82, 2.24) is 10.2 Å². The summed E-state index contributed by atoms with van der Waals surface area (Å²) in [6.45, 7) is 7.18. The first-order valence-electron chi connectivity index (χ1n) is 17.7. The highest BCUT2D eigenvalue weighted by molar-refractivity contribution is 9.09. The highest BCUT2D eigenvalue weighted by atomic mass is 79.9. The Labute approximate surface area is 322 Å². The minimum atomic E-state index is -1.44. The summed E-state index contributed by atoms with van der Waals surface area (Å²) in [5.41, 5.74) is 0.501. The molecule has 3 aromatic rings.